The van der Waals surface area contributed by atoms with Crippen molar-refractivity contribution >= 4 is 44.8 Å². The van der Waals surface area contributed by atoms with Gasteiger partial charge in [0, 0.05) is 24.7 Å². The van der Waals surface area contributed by atoms with Crippen molar-refractivity contribution in [3.05, 3.63) is 45.9 Å². The molecule has 0 bridgehead atoms. The third-order valence-electron chi connectivity index (χ3n) is 4.92. The smallest absolute Gasteiger partial charge is 0.255 e. The Morgan fingerprint density at radius 1 is 1.03 bits per heavy atom. The molecule has 2 atom stereocenters. The number of sulfonamides is 1. The van der Waals surface area contributed by atoms with E-state index in [0.29, 0.717) is 17.2 Å². The summed E-state index contributed by atoms with van der Waals surface area (Å²) >= 11 is 12.4. The average molecular weight is 503 g/mol. The Balaban J connectivity index is 1.92. The lowest BCUT2D eigenvalue weighted by Crippen LogP contribution is -2.48. The third-order valence-corrected chi connectivity index (χ3v) is 7.53. The summed E-state index contributed by atoms with van der Waals surface area (Å²) in [6, 6.07) is 7.11. The highest BCUT2D eigenvalue weighted by Gasteiger charge is 2.34. The van der Waals surface area contributed by atoms with Crippen LogP contribution >= 0.6 is 23.2 Å². The lowest BCUT2D eigenvalue weighted by Gasteiger charge is -2.34. The summed E-state index contributed by atoms with van der Waals surface area (Å²) in [5.74, 6) is 0.162. The van der Waals surface area contributed by atoms with Crippen LogP contribution in [-0.4, -0.2) is 58.1 Å². The molecular weight excluding hydrogens is 479 g/mol. The number of nitrogens with zero attached hydrogens (tertiary/aromatic N) is 1. The summed E-state index contributed by atoms with van der Waals surface area (Å²) in [6.45, 7) is 4.00. The van der Waals surface area contributed by atoms with Crippen LogP contribution in [-0.2, 0) is 14.8 Å². The first-order valence-electron chi connectivity index (χ1n) is 9.74. The highest BCUT2D eigenvalue weighted by Crippen LogP contribution is 2.36. The standard InChI is InChI=1S/C21H24Cl2N2O6S/c1-12-10-25(11-13(2)31-12)32(27,28)20-7-14(5-6-15(20)22)21(26)24-17-8-16(23)18(29-3)9-19(17)30-4/h5-9,12-13H,10-11H2,1-4H3,(H,24,26). The first-order valence-corrected chi connectivity index (χ1v) is 11.9. The summed E-state index contributed by atoms with van der Waals surface area (Å²) < 4.78 is 43.9. The van der Waals surface area contributed by atoms with Gasteiger partial charge in [0.15, 0.2) is 0 Å². The van der Waals surface area contributed by atoms with E-state index in [4.69, 9.17) is 37.4 Å². The molecular formula is C21H24Cl2N2O6S. The van der Waals surface area contributed by atoms with E-state index in [2.05, 4.69) is 5.32 Å². The van der Waals surface area contributed by atoms with Crippen LogP contribution in [0.4, 0.5) is 5.69 Å². The minimum Gasteiger partial charge on any atom is -0.495 e. The molecule has 2 unspecified atom stereocenters. The van der Waals surface area contributed by atoms with Crippen LogP contribution < -0.4 is 14.8 Å². The number of amides is 1. The van der Waals surface area contributed by atoms with Gasteiger partial charge >= 0.3 is 0 Å². The molecule has 8 nitrogen and oxygen atoms in total. The lowest BCUT2D eigenvalue weighted by molar-refractivity contribution is -0.0440. The number of carbonyl (C=O) groups is 1. The van der Waals surface area contributed by atoms with Crippen LogP contribution in [0.3, 0.4) is 0 Å². The van der Waals surface area contributed by atoms with Gasteiger partial charge in [-0.3, -0.25) is 4.79 Å². The molecule has 3 rings (SSSR count). The molecule has 0 aromatic heterocycles. The summed E-state index contributed by atoms with van der Waals surface area (Å²) in [5.41, 5.74) is 0.412. The monoisotopic (exact) mass is 502 g/mol. The SMILES string of the molecule is COc1cc(OC)c(NC(=O)c2ccc(Cl)c(S(=O)(=O)N3CC(C)OC(C)C3)c2)cc1Cl. The van der Waals surface area contributed by atoms with Crippen molar-refractivity contribution in [3.63, 3.8) is 0 Å². The number of nitrogens with one attached hydrogen (secondary N) is 1. The Morgan fingerprint density at radius 2 is 1.66 bits per heavy atom. The van der Waals surface area contributed by atoms with E-state index in [1.54, 1.807) is 13.8 Å². The van der Waals surface area contributed by atoms with Gasteiger partial charge in [0.05, 0.1) is 42.2 Å². The topological polar surface area (TPSA) is 94.2 Å². The second-order valence-electron chi connectivity index (χ2n) is 7.37. The van der Waals surface area contributed by atoms with Crippen LogP contribution in [0.15, 0.2) is 35.2 Å². The van der Waals surface area contributed by atoms with Gasteiger partial charge in [-0.15, -0.1) is 0 Å². The van der Waals surface area contributed by atoms with Crippen molar-refractivity contribution in [1.82, 2.24) is 4.31 Å². The van der Waals surface area contributed by atoms with Gasteiger partial charge in [-0.25, -0.2) is 8.42 Å². The Kier molecular flexibility index (Phi) is 7.57. The number of halogens is 2. The number of ether oxygens (including phenoxy) is 3. The number of carbonyl (C=O) groups excluding carboxylic acids is 1. The zero-order valence-electron chi connectivity index (χ0n) is 18.0. The normalized spacial score (nSPS) is 19.4. The summed E-state index contributed by atoms with van der Waals surface area (Å²) in [6.07, 6.45) is -0.517. The molecule has 0 aliphatic carbocycles. The molecule has 2 aromatic carbocycles. The van der Waals surface area contributed by atoms with Gasteiger partial charge in [0.1, 0.15) is 16.4 Å². The van der Waals surface area contributed by atoms with Gasteiger partial charge in [-0.2, -0.15) is 4.31 Å². The van der Waals surface area contributed by atoms with Gasteiger partial charge < -0.3 is 19.5 Å². The summed E-state index contributed by atoms with van der Waals surface area (Å²) in [4.78, 5) is 12.8. The number of hydrogen-bond donors (Lipinski definition) is 1. The molecule has 1 heterocycles. The van der Waals surface area contributed by atoms with Gasteiger partial charge in [0.25, 0.3) is 5.91 Å². The molecule has 1 amide bonds. The molecule has 1 aliphatic heterocycles. The van der Waals surface area contributed by atoms with Crippen molar-refractivity contribution in [2.45, 2.75) is 31.0 Å². The number of methoxy groups -OCH3 is 2. The molecule has 1 N–H and O–H groups in total. The molecule has 32 heavy (non-hydrogen) atoms. The van der Waals surface area contributed by atoms with Crippen LogP contribution in [0.1, 0.15) is 24.2 Å². The van der Waals surface area contributed by atoms with E-state index < -0.39 is 15.9 Å². The maximum absolute atomic E-state index is 13.3. The van der Waals surface area contributed by atoms with Crippen LogP contribution in [0.5, 0.6) is 11.5 Å². The highest BCUT2D eigenvalue weighted by molar-refractivity contribution is 7.89. The molecule has 11 heteroatoms. The average Bonchev–Trinajstić information content (AvgIpc) is 2.73. The minimum absolute atomic E-state index is 0.0263. The Labute approximate surface area is 197 Å². The van der Waals surface area contributed by atoms with E-state index in [9.17, 15) is 13.2 Å². The van der Waals surface area contributed by atoms with Gasteiger partial charge in [0.2, 0.25) is 10.0 Å². The van der Waals surface area contributed by atoms with Crippen molar-refractivity contribution in [2.24, 2.45) is 0 Å². The van der Waals surface area contributed by atoms with Gasteiger partial charge in [-0.1, -0.05) is 23.2 Å². The lowest BCUT2D eigenvalue weighted by atomic mass is 10.2. The molecule has 1 aliphatic rings. The van der Waals surface area contributed by atoms with E-state index in [0.717, 1.165) is 0 Å². The fraction of sp³-hybridized carbons (Fsp3) is 0.381. The number of hydrogen-bond acceptors (Lipinski definition) is 6. The number of morpholine rings is 1. The van der Waals surface area contributed by atoms with Gasteiger partial charge in [-0.05, 0) is 38.1 Å². The fourth-order valence-electron chi connectivity index (χ4n) is 3.46. The molecule has 0 saturated carbocycles. The number of rotatable bonds is 6. The molecule has 0 radical (unpaired) electrons. The van der Waals surface area contributed by atoms with E-state index in [-0.39, 0.29) is 45.8 Å². The largest absolute Gasteiger partial charge is 0.495 e. The maximum Gasteiger partial charge on any atom is 0.255 e. The maximum atomic E-state index is 13.3. The van der Waals surface area contributed by atoms with Crippen molar-refractivity contribution in [3.8, 4) is 11.5 Å². The van der Waals surface area contributed by atoms with Crippen LogP contribution in [0, 0.1) is 0 Å². The molecule has 1 saturated heterocycles. The molecule has 1 fully saturated rings. The Bertz CT molecular complexity index is 1120. The molecule has 2 aromatic rings. The van der Waals surface area contributed by atoms with Crippen LogP contribution in [0.2, 0.25) is 10.0 Å². The zero-order valence-corrected chi connectivity index (χ0v) is 20.3. The fourth-order valence-corrected chi connectivity index (χ4v) is 5.79. The van der Waals surface area contributed by atoms with Crippen molar-refractivity contribution in [2.75, 3.05) is 32.6 Å². The highest BCUT2D eigenvalue weighted by atomic mass is 35.5. The third kappa shape index (κ3) is 5.13. The van der Waals surface area contributed by atoms with Crippen molar-refractivity contribution in [1.29, 1.82) is 0 Å². The summed E-state index contributed by atoms with van der Waals surface area (Å²) in [7, 11) is -1.03. The predicted octanol–water partition coefficient (Wildman–Crippen LogP) is 4.06. The Morgan fingerprint density at radius 3 is 2.25 bits per heavy atom. The molecule has 174 valence electrons. The molecule has 0 spiro atoms. The second-order valence-corrected chi connectivity index (χ2v) is 10.1. The quantitative estimate of drug-likeness (QED) is 0.639. The second kappa shape index (κ2) is 9.84. The van der Waals surface area contributed by atoms with E-state index in [1.165, 1.54) is 48.9 Å². The number of benzene rings is 2. The first-order chi connectivity index (χ1) is 15.1. The Hall–Kier alpha value is -2.04. The number of anilines is 1. The van der Waals surface area contributed by atoms with E-state index in [1.807, 2.05) is 0 Å². The minimum atomic E-state index is -3.94. The first kappa shape index (κ1) is 24.6. The van der Waals surface area contributed by atoms with Crippen LogP contribution in [0.25, 0.3) is 0 Å². The summed E-state index contributed by atoms with van der Waals surface area (Å²) in [5, 5.41) is 2.99. The van der Waals surface area contributed by atoms with Crippen molar-refractivity contribution < 1.29 is 27.4 Å². The predicted molar refractivity (Wildman–Crippen MR) is 123 cm³/mol. The van der Waals surface area contributed by atoms with E-state index >= 15 is 0 Å². The zero-order chi connectivity index (χ0) is 23.6.